The Hall–Kier alpha value is -3.52. The number of hydrogen-bond acceptors (Lipinski definition) is 7. The Morgan fingerprint density at radius 1 is 1.03 bits per heavy atom. The van der Waals surface area contributed by atoms with Crippen molar-refractivity contribution in [2.75, 3.05) is 27.9 Å². The van der Waals surface area contributed by atoms with E-state index in [0.717, 1.165) is 22.2 Å². The lowest BCUT2D eigenvalue weighted by atomic mass is 10.1. The first-order valence-corrected chi connectivity index (χ1v) is 9.01. The maximum absolute atomic E-state index is 9.10. The molecule has 0 aliphatic heterocycles. The highest BCUT2D eigenvalue weighted by atomic mass is 16.5. The van der Waals surface area contributed by atoms with Gasteiger partial charge in [0.15, 0.2) is 17.1 Å². The van der Waals surface area contributed by atoms with Crippen molar-refractivity contribution in [3.63, 3.8) is 0 Å². The van der Waals surface area contributed by atoms with Crippen LogP contribution >= 0.6 is 0 Å². The van der Waals surface area contributed by atoms with Crippen LogP contribution in [0.3, 0.4) is 0 Å². The number of aliphatic hydroxyl groups excluding tert-OH is 1. The molecule has 3 aromatic heterocycles. The Morgan fingerprint density at radius 3 is 2.45 bits per heavy atom. The monoisotopic (exact) mass is 395 g/mol. The van der Waals surface area contributed by atoms with Gasteiger partial charge in [0.1, 0.15) is 11.3 Å². The van der Waals surface area contributed by atoms with Crippen molar-refractivity contribution >= 4 is 11.1 Å². The highest BCUT2D eigenvalue weighted by molar-refractivity contribution is 5.92. The van der Waals surface area contributed by atoms with Crippen molar-refractivity contribution in [1.82, 2.24) is 14.8 Å². The van der Waals surface area contributed by atoms with Crippen molar-refractivity contribution in [1.29, 1.82) is 0 Å². The number of aliphatic hydroxyl groups is 1. The molecule has 0 aliphatic carbocycles. The number of furan rings is 1. The number of hydrogen-bond donors (Lipinski definition) is 1. The van der Waals surface area contributed by atoms with Crippen molar-refractivity contribution < 1.29 is 23.7 Å². The molecule has 0 saturated carbocycles. The molecule has 0 bridgehead atoms. The van der Waals surface area contributed by atoms with E-state index in [4.69, 9.17) is 23.7 Å². The second kappa shape index (κ2) is 7.84. The van der Waals surface area contributed by atoms with Crippen molar-refractivity contribution in [2.24, 2.45) is 0 Å². The molecule has 0 unspecified atom stereocenters. The number of benzene rings is 1. The molecule has 1 N–H and O–H groups in total. The van der Waals surface area contributed by atoms with Gasteiger partial charge >= 0.3 is 0 Å². The summed E-state index contributed by atoms with van der Waals surface area (Å²) < 4.78 is 24.1. The Balaban J connectivity index is 1.82. The maximum Gasteiger partial charge on any atom is 0.203 e. The van der Waals surface area contributed by atoms with Crippen LogP contribution in [0.2, 0.25) is 0 Å². The molecular formula is C21H21N3O5. The smallest absolute Gasteiger partial charge is 0.203 e. The molecular weight excluding hydrogens is 374 g/mol. The van der Waals surface area contributed by atoms with Crippen LogP contribution in [0, 0.1) is 0 Å². The zero-order chi connectivity index (χ0) is 20.4. The number of fused-ring (bicyclic) bond motifs is 1. The minimum atomic E-state index is 0.0267. The van der Waals surface area contributed by atoms with E-state index in [-0.39, 0.29) is 6.61 Å². The highest BCUT2D eigenvalue weighted by Crippen LogP contribution is 2.42. The summed E-state index contributed by atoms with van der Waals surface area (Å²) in [6.07, 6.45) is 5.34. The minimum absolute atomic E-state index is 0.0267. The molecule has 8 heteroatoms. The largest absolute Gasteiger partial charge is 0.493 e. The lowest BCUT2D eigenvalue weighted by molar-refractivity contribution is 0.269. The Labute approximate surface area is 167 Å². The summed E-state index contributed by atoms with van der Waals surface area (Å²) in [5, 5.41) is 13.4. The number of methoxy groups -OCH3 is 3. The second-order valence-corrected chi connectivity index (χ2v) is 6.31. The van der Waals surface area contributed by atoms with E-state index in [1.807, 2.05) is 30.5 Å². The first-order valence-electron chi connectivity index (χ1n) is 9.01. The third-order valence-electron chi connectivity index (χ3n) is 4.63. The number of nitrogens with zero attached hydrogens (tertiary/aromatic N) is 3. The molecule has 4 rings (SSSR count). The van der Waals surface area contributed by atoms with Gasteiger partial charge in [0, 0.05) is 35.2 Å². The van der Waals surface area contributed by atoms with Gasteiger partial charge in [-0.25, -0.2) is 0 Å². The van der Waals surface area contributed by atoms with E-state index in [9.17, 15) is 0 Å². The molecule has 0 amide bonds. The van der Waals surface area contributed by atoms with E-state index in [1.54, 1.807) is 38.4 Å². The zero-order valence-corrected chi connectivity index (χ0v) is 16.4. The molecule has 0 fully saturated rings. The number of ether oxygens (including phenoxy) is 3. The first kappa shape index (κ1) is 18.8. The first-order chi connectivity index (χ1) is 14.2. The van der Waals surface area contributed by atoms with Gasteiger partial charge in [-0.05, 0) is 18.2 Å². The minimum Gasteiger partial charge on any atom is -0.493 e. The van der Waals surface area contributed by atoms with Crippen LogP contribution in [-0.2, 0) is 6.54 Å². The molecule has 8 nitrogen and oxygen atoms in total. The van der Waals surface area contributed by atoms with Gasteiger partial charge in [-0.15, -0.1) is 0 Å². The lowest BCUT2D eigenvalue weighted by Crippen LogP contribution is -2.01. The van der Waals surface area contributed by atoms with Gasteiger partial charge in [0.2, 0.25) is 5.75 Å². The van der Waals surface area contributed by atoms with Gasteiger partial charge < -0.3 is 23.7 Å². The fourth-order valence-electron chi connectivity index (χ4n) is 3.26. The maximum atomic E-state index is 9.10. The average molecular weight is 395 g/mol. The summed E-state index contributed by atoms with van der Waals surface area (Å²) in [4.78, 5) is 4.43. The number of rotatable bonds is 7. The topological polar surface area (TPSA) is 91.8 Å². The van der Waals surface area contributed by atoms with E-state index < -0.39 is 0 Å². The standard InChI is InChI=1S/C21H21N3O5/c1-26-18-8-13(9-19(27-2)21(18)28-3)17-10-16-20(29-17)15(4-5-22-16)14-11-23-24(12-14)6-7-25/h4-5,8-12,25H,6-7H2,1-3H3. The summed E-state index contributed by atoms with van der Waals surface area (Å²) in [6.45, 7) is 0.460. The Bertz CT molecular complexity index is 1120. The van der Waals surface area contributed by atoms with Gasteiger partial charge in [-0.3, -0.25) is 9.67 Å². The fourth-order valence-corrected chi connectivity index (χ4v) is 3.26. The van der Waals surface area contributed by atoms with E-state index in [2.05, 4.69) is 10.1 Å². The number of aromatic nitrogens is 3. The normalized spacial score (nSPS) is 11.0. The molecule has 0 spiro atoms. The van der Waals surface area contributed by atoms with E-state index in [1.165, 1.54) is 0 Å². The van der Waals surface area contributed by atoms with Crippen LogP contribution in [0.15, 0.2) is 47.3 Å². The molecule has 150 valence electrons. The quantitative estimate of drug-likeness (QED) is 0.513. The molecule has 4 aromatic rings. The average Bonchev–Trinajstić information content (AvgIpc) is 3.39. The molecule has 3 heterocycles. The summed E-state index contributed by atoms with van der Waals surface area (Å²) >= 11 is 0. The van der Waals surface area contributed by atoms with Crippen LogP contribution in [0.1, 0.15) is 0 Å². The summed E-state index contributed by atoms with van der Waals surface area (Å²) in [7, 11) is 4.71. The van der Waals surface area contributed by atoms with Crippen LogP contribution < -0.4 is 14.2 Å². The van der Waals surface area contributed by atoms with Crippen LogP contribution in [-0.4, -0.2) is 47.8 Å². The molecule has 0 radical (unpaired) electrons. The SMILES string of the molecule is COc1cc(-c2cc3nccc(-c4cnn(CCO)c4)c3o2)cc(OC)c1OC. The number of pyridine rings is 1. The van der Waals surface area contributed by atoms with E-state index in [0.29, 0.717) is 35.1 Å². The van der Waals surface area contributed by atoms with Crippen LogP contribution in [0.5, 0.6) is 17.2 Å². The second-order valence-electron chi connectivity index (χ2n) is 6.31. The van der Waals surface area contributed by atoms with Crippen molar-refractivity contribution in [2.45, 2.75) is 6.54 Å². The van der Waals surface area contributed by atoms with E-state index >= 15 is 0 Å². The van der Waals surface area contributed by atoms with Gasteiger partial charge in [-0.1, -0.05) is 0 Å². The zero-order valence-electron chi connectivity index (χ0n) is 16.4. The summed E-state index contributed by atoms with van der Waals surface area (Å²) in [5.74, 6) is 2.23. The summed E-state index contributed by atoms with van der Waals surface area (Å²) in [5.41, 5.74) is 3.91. The molecule has 29 heavy (non-hydrogen) atoms. The fraction of sp³-hybridized carbons (Fsp3) is 0.238. The predicted molar refractivity (Wildman–Crippen MR) is 107 cm³/mol. The van der Waals surface area contributed by atoms with Crippen molar-refractivity contribution in [3.05, 3.63) is 42.9 Å². The van der Waals surface area contributed by atoms with Crippen molar-refractivity contribution in [3.8, 4) is 39.7 Å². The molecule has 1 aromatic carbocycles. The third-order valence-corrected chi connectivity index (χ3v) is 4.63. The lowest BCUT2D eigenvalue weighted by Gasteiger charge is -2.13. The molecule has 0 atom stereocenters. The van der Waals surface area contributed by atoms with Gasteiger partial charge in [0.05, 0.1) is 40.7 Å². The van der Waals surface area contributed by atoms with Crippen LogP contribution in [0.4, 0.5) is 0 Å². The Morgan fingerprint density at radius 2 is 1.79 bits per heavy atom. The molecule has 0 saturated heterocycles. The third kappa shape index (κ3) is 3.38. The summed E-state index contributed by atoms with van der Waals surface area (Å²) in [6, 6.07) is 7.42. The Kier molecular flexibility index (Phi) is 5.09. The van der Waals surface area contributed by atoms with Gasteiger partial charge in [0.25, 0.3) is 0 Å². The van der Waals surface area contributed by atoms with Gasteiger partial charge in [-0.2, -0.15) is 5.10 Å². The van der Waals surface area contributed by atoms with Crippen LogP contribution in [0.25, 0.3) is 33.6 Å². The highest BCUT2D eigenvalue weighted by Gasteiger charge is 2.18. The predicted octanol–water partition coefficient (Wildman–Crippen LogP) is 3.38. The molecule has 0 aliphatic rings.